The maximum absolute atomic E-state index is 11.4. The van der Waals surface area contributed by atoms with Gasteiger partial charge in [0.15, 0.2) is 0 Å². The highest BCUT2D eigenvalue weighted by molar-refractivity contribution is 7.84. The first-order chi connectivity index (χ1) is 6.52. The minimum absolute atomic E-state index is 0.00162. The Bertz CT molecular complexity index is 353. The largest absolute Gasteiger partial charge is 0.478 e. The smallest absolute Gasteiger partial charge is 0.339 e. The Balaban J connectivity index is 2.82. The van der Waals surface area contributed by atoms with Crippen LogP contribution in [-0.4, -0.2) is 20.5 Å². The lowest BCUT2D eigenvalue weighted by atomic mass is 10.3. The number of aromatic carboxylic acids is 1. The van der Waals surface area contributed by atoms with Crippen LogP contribution in [0.15, 0.2) is 16.7 Å². The molecule has 78 valence electrons. The summed E-state index contributed by atoms with van der Waals surface area (Å²) >= 11 is 0. The zero-order valence-electron chi connectivity index (χ0n) is 8.02. The van der Waals surface area contributed by atoms with Gasteiger partial charge in [0.1, 0.15) is 11.3 Å². The molecular formula is C9H12O4S. The normalized spacial score (nSPS) is 13.1. The quantitative estimate of drug-likeness (QED) is 0.830. The Labute approximate surface area is 84.4 Å². The van der Waals surface area contributed by atoms with E-state index in [0.717, 1.165) is 0 Å². The molecule has 0 amide bonds. The van der Waals surface area contributed by atoms with Gasteiger partial charge in [0.25, 0.3) is 0 Å². The van der Waals surface area contributed by atoms with Crippen LogP contribution in [0.4, 0.5) is 0 Å². The maximum atomic E-state index is 11.4. The minimum atomic E-state index is -1.09. The molecule has 0 bridgehead atoms. The van der Waals surface area contributed by atoms with E-state index in [1.165, 1.54) is 12.3 Å². The summed E-state index contributed by atoms with van der Waals surface area (Å²) in [7, 11) is -1.09. The van der Waals surface area contributed by atoms with Crippen molar-refractivity contribution in [2.75, 3.05) is 0 Å². The highest BCUT2D eigenvalue weighted by atomic mass is 32.2. The van der Waals surface area contributed by atoms with Crippen LogP contribution >= 0.6 is 0 Å². The highest BCUT2D eigenvalue weighted by Crippen LogP contribution is 2.14. The lowest BCUT2D eigenvalue weighted by molar-refractivity contribution is 0.0695. The van der Waals surface area contributed by atoms with Crippen LogP contribution < -0.4 is 0 Å². The second-order valence-electron chi connectivity index (χ2n) is 3.14. The van der Waals surface area contributed by atoms with Crippen molar-refractivity contribution in [3.05, 3.63) is 23.7 Å². The molecule has 1 heterocycles. The fourth-order valence-electron chi connectivity index (χ4n) is 0.939. The predicted octanol–water partition coefficient (Wildman–Crippen LogP) is 1.63. The van der Waals surface area contributed by atoms with E-state index in [0.29, 0.717) is 0 Å². The van der Waals surface area contributed by atoms with Crippen molar-refractivity contribution in [1.82, 2.24) is 0 Å². The van der Waals surface area contributed by atoms with E-state index in [2.05, 4.69) is 0 Å². The van der Waals surface area contributed by atoms with Gasteiger partial charge in [-0.05, 0) is 6.07 Å². The molecule has 4 nitrogen and oxygen atoms in total. The van der Waals surface area contributed by atoms with E-state index >= 15 is 0 Å². The van der Waals surface area contributed by atoms with Gasteiger partial charge >= 0.3 is 5.97 Å². The van der Waals surface area contributed by atoms with Crippen LogP contribution in [0.3, 0.4) is 0 Å². The van der Waals surface area contributed by atoms with Crippen LogP contribution in [0.2, 0.25) is 0 Å². The van der Waals surface area contributed by atoms with E-state index < -0.39 is 16.8 Å². The molecule has 0 saturated carbocycles. The third-order valence-electron chi connectivity index (χ3n) is 1.77. The van der Waals surface area contributed by atoms with E-state index in [4.69, 9.17) is 9.52 Å². The second kappa shape index (κ2) is 4.41. The van der Waals surface area contributed by atoms with Crippen molar-refractivity contribution < 1.29 is 18.5 Å². The van der Waals surface area contributed by atoms with Crippen LogP contribution in [0.1, 0.15) is 30.0 Å². The molecule has 1 aromatic heterocycles. The molecule has 1 aromatic rings. The number of carbonyl (C=O) groups is 1. The molecule has 1 unspecified atom stereocenters. The predicted molar refractivity (Wildman–Crippen MR) is 52.6 cm³/mol. The maximum Gasteiger partial charge on any atom is 0.339 e. The second-order valence-corrected chi connectivity index (χ2v) is 5.13. The van der Waals surface area contributed by atoms with Gasteiger partial charge in [0, 0.05) is 16.0 Å². The first-order valence-electron chi connectivity index (χ1n) is 4.19. The zero-order chi connectivity index (χ0) is 10.7. The van der Waals surface area contributed by atoms with Crippen LogP contribution in [0.25, 0.3) is 0 Å². The molecule has 5 heteroatoms. The van der Waals surface area contributed by atoms with Gasteiger partial charge in [-0.15, -0.1) is 0 Å². The van der Waals surface area contributed by atoms with Gasteiger partial charge in [0.05, 0.1) is 12.0 Å². The molecule has 1 atom stereocenters. The molecular weight excluding hydrogens is 204 g/mol. The molecule has 0 fully saturated rings. The van der Waals surface area contributed by atoms with Crippen LogP contribution in [0.5, 0.6) is 0 Å². The Morgan fingerprint density at radius 3 is 2.79 bits per heavy atom. The number of hydrogen-bond donors (Lipinski definition) is 1. The van der Waals surface area contributed by atoms with Gasteiger partial charge < -0.3 is 9.52 Å². The van der Waals surface area contributed by atoms with Gasteiger partial charge in [0.2, 0.25) is 0 Å². The van der Waals surface area contributed by atoms with Crippen LogP contribution in [0, 0.1) is 0 Å². The van der Waals surface area contributed by atoms with Crippen molar-refractivity contribution in [3.63, 3.8) is 0 Å². The number of carboxylic acid groups (broad SMARTS) is 1. The number of rotatable bonds is 4. The standard InChI is InChI=1S/C9H12O4S/c1-6(2)14(12)5-8-7(9(10)11)3-4-13-8/h3-4,6H,5H2,1-2H3,(H,10,11). The summed E-state index contributed by atoms with van der Waals surface area (Å²) in [5.74, 6) is -0.606. The summed E-state index contributed by atoms with van der Waals surface area (Å²) in [6, 6.07) is 1.37. The Morgan fingerprint density at radius 1 is 1.64 bits per heavy atom. The van der Waals surface area contributed by atoms with E-state index in [-0.39, 0.29) is 22.3 Å². The molecule has 0 radical (unpaired) electrons. The lowest BCUT2D eigenvalue weighted by Gasteiger charge is -2.03. The fraction of sp³-hybridized carbons (Fsp3) is 0.444. The van der Waals surface area contributed by atoms with E-state index in [9.17, 15) is 9.00 Å². The van der Waals surface area contributed by atoms with Gasteiger partial charge in [-0.1, -0.05) is 13.8 Å². The summed E-state index contributed by atoms with van der Waals surface area (Å²) in [5, 5.41) is 8.75. The third kappa shape index (κ3) is 2.45. The van der Waals surface area contributed by atoms with Gasteiger partial charge in [-0.25, -0.2) is 4.79 Å². The minimum Gasteiger partial charge on any atom is -0.478 e. The van der Waals surface area contributed by atoms with Crippen molar-refractivity contribution in [1.29, 1.82) is 0 Å². The van der Waals surface area contributed by atoms with E-state index in [1.807, 2.05) is 13.8 Å². The SMILES string of the molecule is CC(C)S(=O)Cc1occc1C(=O)O. The van der Waals surface area contributed by atoms with Crippen molar-refractivity contribution in [2.45, 2.75) is 24.9 Å². The lowest BCUT2D eigenvalue weighted by Crippen LogP contribution is -2.09. The number of hydrogen-bond acceptors (Lipinski definition) is 3. The van der Waals surface area contributed by atoms with Crippen molar-refractivity contribution >= 4 is 16.8 Å². The Kier molecular flexibility index (Phi) is 3.46. The molecule has 0 aliphatic rings. The summed E-state index contributed by atoms with van der Waals surface area (Å²) in [6.45, 7) is 3.64. The Morgan fingerprint density at radius 2 is 2.29 bits per heavy atom. The average Bonchev–Trinajstić information content (AvgIpc) is 2.52. The molecule has 0 spiro atoms. The first kappa shape index (κ1) is 11.0. The molecule has 0 saturated heterocycles. The van der Waals surface area contributed by atoms with Crippen LogP contribution in [-0.2, 0) is 16.6 Å². The number of furan rings is 1. The molecule has 0 aliphatic carbocycles. The highest BCUT2D eigenvalue weighted by Gasteiger charge is 2.16. The van der Waals surface area contributed by atoms with Gasteiger partial charge in [-0.2, -0.15) is 0 Å². The molecule has 1 N–H and O–H groups in total. The molecule has 0 aromatic carbocycles. The zero-order valence-corrected chi connectivity index (χ0v) is 8.84. The van der Waals surface area contributed by atoms with Crippen molar-refractivity contribution in [3.8, 4) is 0 Å². The monoisotopic (exact) mass is 216 g/mol. The fourth-order valence-corrected chi connectivity index (χ4v) is 1.75. The molecule has 14 heavy (non-hydrogen) atoms. The first-order valence-corrected chi connectivity index (χ1v) is 5.57. The van der Waals surface area contributed by atoms with E-state index in [1.54, 1.807) is 0 Å². The molecule has 1 rings (SSSR count). The van der Waals surface area contributed by atoms with Crippen molar-refractivity contribution in [2.24, 2.45) is 0 Å². The summed E-state index contributed by atoms with van der Waals surface area (Å²) in [4.78, 5) is 10.7. The number of carboxylic acids is 1. The molecule has 0 aliphatic heterocycles. The van der Waals surface area contributed by atoms with Gasteiger partial charge in [-0.3, -0.25) is 4.21 Å². The third-order valence-corrected chi connectivity index (χ3v) is 3.37. The summed E-state index contributed by atoms with van der Waals surface area (Å²) < 4.78 is 16.4. The topological polar surface area (TPSA) is 67.5 Å². The summed E-state index contributed by atoms with van der Waals surface area (Å²) in [6.07, 6.45) is 1.30. The average molecular weight is 216 g/mol. The Hall–Kier alpha value is -1.10. The summed E-state index contributed by atoms with van der Waals surface area (Å²) in [5.41, 5.74) is 0.0963.